The number of anilines is 1. The van der Waals surface area contributed by atoms with E-state index in [4.69, 9.17) is 9.47 Å². The summed E-state index contributed by atoms with van der Waals surface area (Å²) in [6, 6.07) is 15.6. The first-order valence-corrected chi connectivity index (χ1v) is 9.77. The molecule has 1 N–H and O–H groups in total. The van der Waals surface area contributed by atoms with Gasteiger partial charge in [0.2, 0.25) is 0 Å². The fourth-order valence-corrected chi connectivity index (χ4v) is 3.25. The Morgan fingerprint density at radius 1 is 1.04 bits per heavy atom. The number of carbonyl (C=O) groups excluding carboxylic acids is 1. The molecule has 0 aliphatic carbocycles. The predicted octanol–water partition coefficient (Wildman–Crippen LogP) is 4.79. The van der Waals surface area contributed by atoms with Crippen molar-refractivity contribution in [3.05, 3.63) is 59.5 Å². The van der Waals surface area contributed by atoms with Crippen LogP contribution in [0.5, 0.6) is 11.5 Å². The number of aromatic nitrogens is 1. The summed E-state index contributed by atoms with van der Waals surface area (Å²) < 4.78 is 11.1. The van der Waals surface area contributed by atoms with E-state index >= 15 is 0 Å². The number of benzene rings is 2. The highest BCUT2D eigenvalue weighted by Gasteiger charge is 2.10. The van der Waals surface area contributed by atoms with Crippen molar-refractivity contribution in [2.75, 3.05) is 18.5 Å². The van der Waals surface area contributed by atoms with Gasteiger partial charge in [-0.05, 0) is 31.0 Å². The first-order valence-electron chi connectivity index (χ1n) is 8.89. The molecule has 1 heterocycles. The number of nitrogens with zero attached hydrogens (tertiary/aromatic N) is 1. The molecule has 2 aromatic carbocycles. The molecule has 0 aliphatic heterocycles. The van der Waals surface area contributed by atoms with Crippen LogP contribution >= 0.6 is 11.3 Å². The quantitative estimate of drug-likeness (QED) is 0.609. The van der Waals surface area contributed by atoms with Crippen molar-refractivity contribution in [2.45, 2.75) is 20.3 Å². The van der Waals surface area contributed by atoms with Gasteiger partial charge in [0.15, 0.2) is 23.2 Å². The molecule has 1 aromatic heterocycles. The average Bonchev–Trinajstić information content (AvgIpc) is 3.16. The predicted molar refractivity (Wildman–Crippen MR) is 109 cm³/mol. The number of thiazole rings is 1. The van der Waals surface area contributed by atoms with Crippen molar-refractivity contribution in [1.29, 1.82) is 0 Å². The van der Waals surface area contributed by atoms with Gasteiger partial charge in [-0.15, -0.1) is 11.3 Å². The molecule has 3 aromatic rings. The van der Waals surface area contributed by atoms with Crippen LogP contribution < -0.4 is 14.8 Å². The molecule has 27 heavy (non-hydrogen) atoms. The van der Waals surface area contributed by atoms with Crippen LogP contribution in [0.15, 0.2) is 53.9 Å². The highest BCUT2D eigenvalue weighted by molar-refractivity contribution is 7.14. The lowest BCUT2D eigenvalue weighted by Crippen LogP contribution is -2.20. The second kappa shape index (κ2) is 9.19. The van der Waals surface area contributed by atoms with Crippen LogP contribution in [0.2, 0.25) is 0 Å². The Labute approximate surface area is 163 Å². The SMILES string of the molecule is CCOc1ccccc1OCC(=O)Nc1nc(-c2ccc(CC)cc2)cs1. The Morgan fingerprint density at radius 2 is 1.74 bits per heavy atom. The molecule has 5 nitrogen and oxygen atoms in total. The molecular formula is C21H22N2O3S. The third kappa shape index (κ3) is 5.08. The molecule has 6 heteroatoms. The average molecular weight is 382 g/mol. The van der Waals surface area contributed by atoms with Gasteiger partial charge in [-0.3, -0.25) is 10.1 Å². The first kappa shape index (κ1) is 18.9. The number of para-hydroxylation sites is 2. The van der Waals surface area contributed by atoms with E-state index in [1.165, 1.54) is 16.9 Å². The fourth-order valence-electron chi connectivity index (χ4n) is 2.52. The molecule has 140 valence electrons. The number of ether oxygens (including phenoxy) is 2. The topological polar surface area (TPSA) is 60.5 Å². The summed E-state index contributed by atoms with van der Waals surface area (Å²) >= 11 is 1.39. The Hall–Kier alpha value is -2.86. The maximum Gasteiger partial charge on any atom is 0.264 e. The zero-order valence-electron chi connectivity index (χ0n) is 15.4. The monoisotopic (exact) mass is 382 g/mol. The zero-order valence-corrected chi connectivity index (χ0v) is 16.2. The summed E-state index contributed by atoms with van der Waals surface area (Å²) in [5.74, 6) is 0.911. The lowest BCUT2D eigenvalue weighted by molar-refractivity contribution is -0.118. The summed E-state index contributed by atoms with van der Waals surface area (Å²) in [4.78, 5) is 16.7. The van der Waals surface area contributed by atoms with E-state index in [-0.39, 0.29) is 12.5 Å². The summed E-state index contributed by atoms with van der Waals surface area (Å²) in [5, 5.41) is 5.26. The summed E-state index contributed by atoms with van der Waals surface area (Å²) in [7, 11) is 0. The van der Waals surface area contributed by atoms with Crippen LogP contribution in [-0.4, -0.2) is 24.1 Å². The van der Waals surface area contributed by atoms with Gasteiger partial charge in [0.1, 0.15) is 0 Å². The summed E-state index contributed by atoms with van der Waals surface area (Å²) in [6.07, 6.45) is 1.01. The zero-order chi connectivity index (χ0) is 19.1. The Kier molecular flexibility index (Phi) is 6.44. The number of carbonyl (C=O) groups is 1. The Balaban J connectivity index is 1.58. The van der Waals surface area contributed by atoms with Crippen molar-refractivity contribution in [1.82, 2.24) is 4.98 Å². The molecule has 0 fully saturated rings. The normalized spacial score (nSPS) is 10.4. The number of rotatable bonds is 8. The number of hydrogen-bond acceptors (Lipinski definition) is 5. The smallest absolute Gasteiger partial charge is 0.264 e. The van der Waals surface area contributed by atoms with Crippen LogP contribution in [0.3, 0.4) is 0 Å². The second-order valence-corrected chi connectivity index (χ2v) is 6.66. The first-order chi connectivity index (χ1) is 13.2. The fraction of sp³-hybridized carbons (Fsp3) is 0.238. The molecule has 1 amide bonds. The van der Waals surface area contributed by atoms with Gasteiger partial charge in [0.25, 0.3) is 5.91 Å². The van der Waals surface area contributed by atoms with Crippen LogP contribution in [0.1, 0.15) is 19.4 Å². The minimum Gasteiger partial charge on any atom is -0.490 e. The van der Waals surface area contributed by atoms with Crippen LogP contribution in [0, 0.1) is 0 Å². The van der Waals surface area contributed by atoms with E-state index in [1.807, 2.05) is 42.6 Å². The van der Waals surface area contributed by atoms with Gasteiger partial charge in [-0.1, -0.05) is 43.3 Å². The van der Waals surface area contributed by atoms with Crippen LogP contribution in [0.25, 0.3) is 11.3 Å². The van der Waals surface area contributed by atoms with Gasteiger partial charge < -0.3 is 9.47 Å². The van der Waals surface area contributed by atoms with E-state index < -0.39 is 0 Å². The van der Waals surface area contributed by atoms with E-state index in [0.29, 0.717) is 23.2 Å². The van der Waals surface area contributed by atoms with E-state index in [0.717, 1.165) is 17.7 Å². The lowest BCUT2D eigenvalue weighted by atomic mass is 10.1. The Bertz CT molecular complexity index is 890. The largest absolute Gasteiger partial charge is 0.490 e. The summed E-state index contributed by atoms with van der Waals surface area (Å²) in [6.45, 7) is 4.46. The molecule has 0 aliphatic rings. The molecule has 0 bridgehead atoms. The van der Waals surface area contributed by atoms with E-state index in [2.05, 4.69) is 29.4 Å². The van der Waals surface area contributed by atoms with Gasteiger partial charge in [-0.2, -0.15) is 0 Å². The molecule has 0 unspecified atom stereocenters. The van der Waals surface area contributed by atoms with Crippen molar-refractivity contribution in [3.8, 4) is 22.8 Å². The minimum atomic E-state index is -0.261. The van der Waals surface area contributed by atoms with Gasteiger partial charge >= 0.3 is 0 Å². The van der Waals surface area contributed by atoms with Crippen molar-refractivity contribution >= 4 is 22.4 Å². The maximum absolute atomic E-state index is 12.2. The molecular weight excluding hydrogens is 360 g/mol. The second-order valence-electron chi connectivity index (χ2n) is 5.80. The minimum absolute atomic E-state index is 0.107. The third-order valence-electron chi connectivity index (χ3n) is 3.92. The van der Waals surface area contributed by atoms with Crippen molar-refractivity contribution in [2.24, 2.45) is 0 Å². The third-order valence-corrected chi connectivity index (χ3v) is 4.67. The summed E-state index contributed by atoms with van der Waals surface area (Å²) in [5.41, 5.74) is 3.17. The molecule has 0 saturated carbocycles. The van der Waals surface area contributed by atoms with E-state index in [1.54, 1.807) is 6.07 Å². The van der Waals surface area contributed by atoms with Gasteiger partial charge in [-0.25, -0.2) is 4.98 Å². The Morgan fingerprint density at radius 3 is 2.41 bits per heavy atom. The molecule has 0 saturated heterocycles. The number of amides is 1. The van der Waals surface area contributed by atoms with Gasteiger partial charge in [0, 0.05) is 10.9 Å². The van der Waals surface area contributed by atoms with Crippen LogP contribution in [-0.2, 0) is 11.2 Å². The number of hydrogen-bond donors (Lipinski definition) is 1. The van der Waals surface area contributed by atoms with Crippen molar-refractivity contribution in [3.63, 3.8) is 0 Å². The van der Waals surface area contributed by atoms with E-state index in [9.17, 15) is 4.79 Å². The van der Waals surface area contributed by atoms with Gasteiger partial charge in [0.05, 0.1) is 12.3 Å². The maximum atomic E-state index is 12.2. The molecule has 0 atom stereocenters. The van der Waals surface area contributed by atoms with Crippen molar-refractivity contribution < 1.29 is 14.3 Å². The molecule has 0 spiro atoms. The number of aryl methyl sites for hydroxylation is 1. The molecule has 3 rings (SSSR count). The highest BCUT2D eigenvalue weighted by atomic mass is 32.1. The van der Waals surface area contributed by atoms with Crippen LogP contribution in [0.4, 0.5) is 5.13 Å². The standard InChI is InChI=1S/C21H22N2O3S/c1-3-15-9-11-16(12-10-15)17-14-27-21(22-17)23-20(24)13-26-19-8-6-5-7-18(19)25-4-2/h5-12,14H,3-4,13H2,1-2H3,(H,22,23,24). The highest BCUT2D eigenvalue weighted by Crippen LogP contribution is 2.27. The number of nitrogens with one attached hydrogen (secondary N) is 1. The lowest BCUT2D eigenvalue weighted by Gasteiger charge is -2.10. The molecule has 0 radical (unpaired) electrons.